The molecule has 1 aromatic carbocycles. The molecule has 0 aliphatic carbocycles. The van der Waals surface area contributed by atoms with Crippen LogP contribution in [0.2, 0.25) is 0 Å². The first-order valence-electron chi connectivity index (χ1n) is 5.15. The minimum absolute atomic E-state index is 0.487. The topological polar surface area (TPSA) is 48.4 Å². The van der Waals surface area contributed by atoms with Gasteiger partial charge in [0, 0.05) is 18.4 Å². The highest BCUT2D eigenvalue weighted by Gasteiger charge is 2.08. The Labute approximate surface area is 94.8 Å². The maximum atomic E-state index is 5.86. The van der Waals surface area contributed by atoms with Gasteiger partial charge in [-0.05, 0) is 30.7 Å². The number of hydrogen-bond acceptors (Lipinski definition) is 3. The summed E-state index contributed by atoms with van der Waals surface area (Å²) in [5.41, 5.74) is 8.71. The van der Waals surface area contributed by atoms with Gasteiger partial charge >= 0.3 is 0 Å². The monoisotopic (exact) mass is 217 g/mol. The van der Waals surface area contributed by atoms with Crippen molar-refractivity contribution < 1.29 is 9.15 Å². The maximum absolute atomic E-state index is 5.86. The van der Waals surface area contributed by atoms with Gasteiger partial charge in [-0.2, -0.15) is 0 Å². The molecule has 0 fully saturated rings. The molecule has 0 radical (unpaired) electrons. The number of nitrogen functional groups attached to an aromatic ring is 1. The number of hydrogen-bond donors (Lipinski definition) is 1. The van der Waals surface area contributed by atoms with Crippen molar-refractivity contribution in [1.29, 1.82) is 0 Å². The Kier molecular flexibility index (Phi) is 2.97. The van der Waals surface area contributed by atoms with Crippen molar-refractivity contribution in [2.24, 2.45) is 0 Å². The number of ether oxygens (including phenoxy) is 1. The van der Waals surface area contributed by atoms with Crippen LogP contribution >= 0.6 is 0 Å². The molecule has 2 aromatic rings. The normalized spacial score (nSPS) is 10.6. The third-order valence-corrected chi connectivity index (χ3v) is 2.59. The van der Waals surface area contributed by atoms with E-state index in [0.29, 0.717) is 6.61 Å². The summed E-state index contributed by atoms with van der Waals surface area (Å²) in [6.07, 6.45) is 0. The molecule has 0 aliphatic heterocycles. The van der Waals surface area contributed by atoms with Crippen LogP contribution < -0.4 is 5.73 Å². The van der Waals surface area contributed by atoms with Gasteiger partial charge in [0.15, 0.2) is 0 Å². The maximum Gasteiger partial charge on any atom is 0.134 e. The van der Waals surface area contributed by atoms with E-state index in [1.165, 1.54) is 0 Å². The van der Waals surface area contributed by atoms with Gasteiger partial charge in [0.05, 0.1) is 0 Å². The van der Waals surface area contributed by atoms with Gasteiger partial charge < -0.3 is 14.9 Å². The van der Waals surface area contributed by atoms with Crippen LogP contribution in [0.4, 0.5) is 5.69 Å². The SMILES string of the molecule is COCc1ccc(-c2cccc(N)c2C)o1. The van der Waals surface area contributed by atoms with Crippen LogP contribution in [0.5, 0.6) is 0 Å². The van der Waals surface area contributed by atoms with Crippen LogP contribution in [0.15, 0.2) is 34.7 Å². The van der Waals surface area contributed by atoms with Crippen molar-refractivity contribution in [3.8, 4) is 11.3 Å². The summed E-state index contributed by atoms with van der Waals surface area (Å²) in [7, 11) is 1.65. The molecular weight excluding hydrogens is 202 g/mol. The Morgan fingerprint density at radius 3 is 2.81 bits per heavy atom. The fraction of sp³-hybridized carbons (Fsp3) is 0.231. The van der Waals surface area contributed by atoms with Crippen molar-refractivity contribution in [1.82, 2.24) is 0 Å². The molecule has 2 N–H and O–H groups in total. The zero-order valence-electron chi connectivity index (χ0n) is 9.49. The molecule has 0 spiro atoms. The molecule has 3 heteroatoms. The number of anilines is 1. The number of rotatable bonds is 3. The second-order valence-corrected chi connectivity index (χ2v) is 3.72. The molecule has 0 atom stereocenters. The van der Waals surface area contributed by atoms with Gasteiger partial charge in [0.2, 0.25) is 0 Å². The zero-order valence-corrected chi connectivity index (χ0v) is 9.49. The fourth-order valence-electron chi connectivity index (χ4n) is 1.66. The van der Waals surface area contributed by atoms with Crippen LogP contribution in [0.3, 0.4) is 0 Å². The molecule has 1 aromatic heterocycles. The number of furan rings is 1. The molecule has 0 saturated carbocycles. The molecule has 1 heterocycles. The van der Waals surface area contributed by atoms with Crippen molar-refractivity contribution in [2.45, 2.75) is 13.5 Å². The van der Waals surface area contributed by atoms with Gasteiger partial charge in [-0.15, -0.1) is 0 Å². The van der Waals surface area contributed by atoms with E-state index < -0.39 is 0 Å². The fourth-order valence-corrected chi connectivity index (χ4v) is 1.66. The van der Waals surface area contributed by atoms with Crippen molar-refractivity contribution in [2.75, 3.05) is 12.8 Å². The summed E-state index contributed by atoms with van der Waals surface area (Å²) < 4.78 is 10.7. The number of benzene rings is 1. The Hall–Kier alpha value is -1.74. The third kappa shape index (κ3) is 1.95. The summed E-state index contributed by atoms with van der Waals surface area (Å²) in [4.78, 5) is 0. The lowest BCUT2D eigenvalue weighted by molar-refractivity contribution is 0.165. The zero-order chi connectivity index (χ0) is 11.5. The van der Waals surface area contributed by atoms with Crippen molar-refractivity contribution in [3.05, 3.63) is 41.7 Å². The van der Waals surface area contributed by atoms with E-state index in [1.54, 1.807) is 7.11 Å². The van der Waals surface area contributed by atoms with Crippen LogP contribution in [-0.4, -0.2) is 7.11 Å². The van der Waals surface area contributed by atoms with Gasteiger partial charge in [0.1, 0.15) is 18.1 Å². The molecule has 0 aliphatic rings. The lowest BCUT2D eigenvalue weighted by Crippen LogP contribution is -1.91. The summed E-state index contributed by atoms with van der Waals surface area (Å²) in [5.74, 6) is 1.65. The van der Waals surface area contributed by atoms with Crippen LogP contribution in [0.1, 0.15) is 11.3 Å². The van der Waals surface area contributed by atoms with Crippen molar-refractivity contribution >= 4 is 5.69 Å². The summed E-state index contributed by atoms with van der Waals surface area (Å²) in [5, 5.41) is 0. The Bertz CT molecular complexity index is 488. The van der Waals surface area contributed by atoms with E-state index in [9.17, 15) is 0 Å². The van der Waals surface area contributed by atoms with Gasteiger partial charge in [-0.3, -0.25) is 0 Å². The molecule has 2 rings (SSSR count). The predicted molar refractivity (Wildman–Crippen MR) is 64.0 cm³/mol. The van der Waals surface area contributed by atoms with Gasteiger partial charge in [-0.25, -0.2) is 0 Å². The number of methoxy groups -OCH3 is 1. The molecule has 0 bridgehead atoms. The number of nitrogens with two attached hydrogens (primary N) is 1. The minimum Gasteiger partial charge on any atom is -0.459 e. The van der Waals surface area contributed by atoms with E-state index in [2.05, 4.69) is 0 Å². The summed E-state index contributed by atoms with van der Waals surface area (Å²) in [6, 6.07) is 9.67. The summed E-state index contributed by atoms with van der Waals surface area (Å²) >= 11 is 0. The second-order valence-electron chi connectivity index (χ2n) is 3.72. The Morgan fingerprint density at radius 2 is 2.06 bits per heavy atom. The molecule has 0 unspecified atom stereocenters. The quantitative estimate of drug-likeness (QED) is 0.804. The highest BCUT2D eigenvalue weighted by molar-refractivity contribution is 5.69. The van der Waals surface area contributed by atoms with E-state index in [1.807, 2.05) is 37.3 Å². The van der Waals surface area contributed by atoms with E-state index in [-0.39, 0.29) is 0 Å². The first-order chi connectivity index (χ1) is 7.72. The molecule has 0 saturated heterocycles. The smallest absolute Gasteiger partial charge is 0.134 e. The predicted octanol–water partition coefficient (Wildman–Crippen LogP) is 2.98. The molecule has 16 heavy (non-hydrogen) atoms. The average Bonchev–Trinajstić information content (AvgIpc) is 2.71. The summed E-state index contributed by atoms with van der Waals surface area (Å²) in [6.45, 7) is 2.48. The van der Waals surface area contributed by atoms with Gasteiger partial charge in [-0.1, -0.05) is 12.1 Å². The van der Waals surface area contributed by atoms with E-state index in [4.69, 9.17) is 14.9 Å². The van der Waals surface area contributed by atoms with Crippen LogP contribution in [0.25, 0.3) is 11.3 Å². The average molecular weight is 217 g/mol. The molecular formula is C13H15NO2. The molecule has 3 nitrogen and oxygen atoms in total. The van der Waals surface area contributed by atoms with Crippen LogP contribution in [0, 0.1) is 6.92 Å². The first kappa shape index (κ1) is 10.8. The first-order valence-corrected chi connectivity index (χ1v) is 5.15. The van der Waals surface area contributed by atoms with Crippen molar-refractivity contribution in [3.63, 3.8) is 0 Å². The highest BCUT2D eigenvalue weighted by Crippen LogP contribution is 2.28. The standard InChI is InChI=1S/C13H15NO2/c1-9-11(4-3-5-12(9)14)13-7-6-10(16-13)8-15-2/h3-7H,8,14H2,1-2H3. The van der Waals surface area contributed by atoms with Crippen LogP contribution in [-0.2, 0) is 11.3 Å². The largest absolute Gasteiger partial charge is 0.459 e. The molecule has 84 valence electrons. The van der Waals surface area contributed by atoms with E-state index >= 15 is 0 Å². The lowest BCUT2D eigenvalue weighted by Gasteiger charge is -2.05. The Morgan fingerprint density at radius 1 is 1.25 bits per heavy atom. The lowest BCUT2D eigenvalue weighted by atomic mass is 10.1. The van der Waals surface area contributed by atoms with Gasteiger partial charge in [0.25, 0.3) is 0 Å². The Balaban J connectivity index is 2.39. The minimum atomic E-state index is 0.487. The molecule has 0 amide bonds. The highest BCUT2D eigenvalue weighted by atomic mass is 16.5. The van der Waals surface area contributed by atoms with E-state index in [0.717, 1.165) is 28.3 Å². The third-order valence-electron chi connectivity index (χ3n) is 2.59. The second kappa shape index (κ2) is 4.41.